The maximum absolute atomic E-state index is 13.0. The summed E-state index contributed by atoms with van der Waals surface area (Å²) in [6.07, 6.45) is 1.02. The van der Waals surface area contributed by atoms with E-state index in [0.29, 0.717) is 5.69 Å². The van der Waals surface area contributed by atoms with Crippen LogP contribution in [-0.4, -0.2) is 69.5 Å². The van der Waals surface area contributed by atoms with Gasteiger partial charge in [-0.1, -0.05) is 5.16 Å². The Balaban J connectivity index is 1.79. The van der Waals surface area contributed by atoms with Crippen LogP contribution in [0.5, 0.6) is 0 Å². The molecule has 12 heteroatoms. The Bertz CT molecular complexity index is 1120. The Morgan fingerprint density at radius 1 is 1.11 bits per heavy atom. The Hall–Kier alpha value is -1.76. The summed E-state index contributed by atoms with van der Waals surface area (Å²) in [5, 5.41) is 3.68. The number of sulfonamides is 1. The molecule has 3 rings (SSSR count). The van der Waals surface area contributed by atoms with Crippen molar-refractivity contribution in [3.05, 3.63) is 40.2 Å². The van der Waals surface area contributed by atoms with Crippen molar-refractivity contribution in [1.82, 2.24) is 14.4 Å². The lowest BCUT2D eigenvalue weighted by Crippen LogP contribution is -2.50. The van der Waals surface area contributed by atoms with Crippen molar-refractivity contribution in [3.8, 4) is 0 Å². The average molecular weight is 492 g/mol. The zero-order valence-electron chi connectivity index (χ0n) is 15.1. The second-order valence-corrected chi connectivity index (χ2v) is 11.2. The number of amides is 1. The smallest absolute Gasteiger partial charge is 0.292 e. The minimum Gasteiger partial charge on any atom is -0.351 e. The number of nitrogens with zero attached hydrogens (tertiary/aromatic N) is 3. The van der Waals surface area contributed by atoms with Gasteiger partial charge in [0, 0.05) is 43.0 Å². The molecule has 0 aliphatic carbocycles. The van der Waals surface area contributed by atoms with Gasteiger partial charge in [0.25, 0.3) is 5.91 Å². The molecule has 152 valence electrons. The molecule has 0 unspecified atom stereocenters. The molecule has 28 heavy (non-hydrogen) atoms. The first-order chi connectivity index (χ1) is 13.0. The molecule has 9 nitrogen and oxygen atoms in total. The highest BCUT2D eigenvalue weighted by molar-refractivity contribution is 9.10. The number of hydrogen-bond donors (Lipinski definition) is 0. The van der Waals surface area contributed by atoms with E-state index in [9.17, 15) is 21.6 Å². The van der Waals surface area contributed by atoms with E-state index in [1.165, 1.54) is 27.4 Å². The molecule has 0 bridgehead atoms. The molecule has 1 aliphatic rings. The largest absolute Gasteiger partial charge is 0.351 e. The predicted octanol–water partition coefficient (Wildman–Crippen LogP) is 1.30. The van der Waals surface area contributed by atoms with Crippen LogP contribution in [0.4, 0.5) is 0 Å². The number of carbonyl (C=O) groups excluding carboxylic acids is 1. The van der Waals surface area contributed by atoms with E-state index in [4.69, 9.17) is 4.52 Å². The van der Waals surface area contributed by atoms with Crippen molar-refractivity contribution in [2.24, 2.45) is 0 Å². The molecule has 1 aromatic carbocycles. The zero-order valence-corrected chi connectivity index (χ0v) is 18.3. The van der Waals surface area contributed by atoms with E-state index in [0.717, 1.165) is 12.3 Å². The van der Waals surface area contributed by atoms with E-state index in [1.54, 1.807) is 6.92 Å². The van der Waals surface area contributed by atoms with Crippen molar-refractivity contribution in [1.29, 1.82) is 0 Å². The van der Waals surface area contributed by atoms with Crippen LogP contribution in [0, 0.1) is 6.92 Å². The summed E-state index contributed by atoms with van der Waals surface area (Å²) in [7, 11) is -7.49. The van der Waals surface area contributed by atoms with Gasteiger partial charge in [0.1, 0.15) is 0 Å². The number of halogens is 1. The summed E-state index contributed by atoms with van der Waals surface area (Å²) >= 11 is 3.18. The van der Waals surface area contributed by atoms with Crippen LogP contribution in [0.25, 0.3) is 0 Å². The van der Waals surface area contributed by atoms with Crippen molar-refractivity contribution in [3.63, 3.8) is 0 Å². The molecule has 0 radical (unpaired) electrons. The zero-order chi connectivity index (χ0) is 20.7. The molecule has 0 spiro atoms. The van der Waals surface area contributed by atoms with Gasteiger partial charge in [-0.15, -0.1) is 0 Å². The maximum atomic E-state index is 13.0. The molecule has 1 aliphatic heterocycles. The van der Waals surface area contributed by atoms with Gasteiger partial charge < -0.3 is 9.42 Å². The SMILES string of the molecule is Cc1cc(C(=O)N2CCN(S(=O)(=O)c3cc(S(C)(=O)=O)ccc3Br)CC2)on1. The lowest BCUT2D eigenvalue weighted by atomic mass is 10.3. The molecular weight excluding hydrogens is 474 g/mol. The minimum absolute atomic E-state index is 0.0798. The van der Waals surface area contributed by atoms with Gasteiger partial charge in [-0.2, -0.15) is 4.31 Å². The Kier molecular flexibility index (Phi) is 5.67. The van der Waals surface area contributed by atoms with E-state index >= 15 is 0 Å². The van der Waals surface area contributed by atoms with Crippen LogP contribution in [0.2, 0.25) is 0 Å². The highest BCUT2D eigenvalue weighted by atomic mass is 79.9. The van der Waals surface area contributed by atoms with Crippen LogP contribution < -0.4 is 0 Å². The maximum Gasteiger partial charge on any atom is 0.292 e. The number of piperazine rings is 1. The van der Waals surface area contributed by atoms with Crippen molar-refractivity contribution >= 4 is 41.7 Å². The van der Waals surface area contributed by atoms with E-state index in [-0.39, 0.29) is 52.1 Å². The highest BCUT2D eigenvalue weighted by Gasteiger charge is 2.33. The van der Waals surface area contributed by atoms with Crippen molar-refractivity contribution in [2.75, 3.05) is 32.4 Å². The number of hydrogen-bond acceptors (Lipinski definition) is 7. The van der Waals surface area contributed by atoms with Crippen LogP contribution in [0.15, 0.2) is 43.1 Å². The topological polar surface area (TPSA) is 118 Å². The molecule has 2 aromatic rings. The number of benzene rings is 1. The fourth-order valence-corrected chi connectivity index (χ4v) is 5.90. The van der Waals surface area contributed by atoms with Crippen molar-refractivity contribution < 1.29 is 26.2 Å². The number of rotatable bonds is 4. The fraction of sp³-hybridized carbons (Fsp3) is 0.375. The van der Waals surface area contributed by atoms with Crippen molar-refractivity contribution in [2.45, 2.75) is 16.7 Å². The Morgan fingerprint density at radius 3 is 2.29 bits per heavy atom. The molecule has 0 N–H and O–H groups in total. The second-order valence-electron chi connectivity index (χ2n) is 6.39. The van der Waals surface area contributed by atoms with Gasteiger partial charge >= 0.3 is 0 Å². The summed E-state index contributed by atoms with van der Waals surface area (Å²) in [4.78, 5) is 13.7. The first-order valence-electron chi connectivity index (χ1n) is 8.22. The molecule has 1 aromatic heterocycles. The number of carbonyl (C=O) groups is 1. The lowest BCUT2D eigenvalue weighted by Gasteiger charge is -2.33. The van der Waals surface area contributed by atoms with Gasteiger partial charge in [-0.25, -0.2) is 16.8 Å². The Labute approximate surface area is 171 Å². The van der Waals surface area contributed by atoms with E-state index in [1.807, 2.05) is 0 Å². The number of aromatic nitrogens is 1. The predicted molar refractivity (Wildman–Crippen MR) is 103 cm³/mol. The first-order valence-corrected chi connectivity index (χ1v) is 12.3. The van der Waals surface area contributed by atoms with Gasteiger partial charge in [0.2, 0.25) is 15.8 Å². The lowest BCUT2D eigenvalue weighted by molar-refractivity contribution is 0.0656. The van der Waals surface area contributed by atoms with E-state index in [2.05, 4.69) is 21.1 Å². The van der Waals surface area contributed by atoms with Gasteiger partial charge in [0.05, 0.1) is 15.5 Å². The van der Waals surface area contributed by atoms with Crippen LogP contribution in [-0.2, 0) is 19.9 Å². The standard InChI is InChI=1S/C16H18BrN3O6S2/c1-11-9-14(26-18-11)16(21)19-5-7-20(8-6-19)28(24,25)15-10-12(27(2,22)23)3-4-13(15)17/h3-4,9-10H,5-8H2,1-2H3. The Morgan fingerprint density at radius 2 is 1.75 bits per heavy atom. The van der Waals surface area contributed by atoms with Crippen LogP contribution in [0.1, 0.15) is 16.2 Å². The molecule has 2 heterocycles. The van der Waals surface area contributed by atoms with Crippen LogP contribution in [0.3, 0.4) is 0 Å². The summed E-state index contributed by atoms with van der Waals surface area (Å²) in [6, 6.07) is 5.41. The second kappa shape index (κ2) is 7.58. The summed E-state index contributed by atoms with van der Waals surface area (Å²) in [6.45, 7) is 2.23. The average Bonchev–Trinajstić information content (AvgIpc) is 3.07. The normalized spacial score (nSPS) is 16.3. The van der Waals surface area contributed by atoms with Gasteiger partial charge in [-0.05, 0) is 41.1 Å². The summed E-state index contributed by atoms with van der Waals surface area (Å²) < 4.78 is 56.0. The minimum atomic E-state index is -3.94. The third kappa shape index (κ3) is 4.14. The molecule has 1 saturated heterocycles. The molecular formula is C16H18BrN3O6S2. The van der Waals surface area contributed by atoms with Crippen LogP contribution >= 0.6 is 15.9 Å². The third-order valence-corrected chi connectivity index (χ3v) is 8.32. The van der Waals surface area contributed by atoms with Gasteiger partial charge in [-0.3, -0.25) is 4.79 Å². The van der Waals surface area contributed by atoms with E-state index < -0.39 is 19.9 Å². The monoisotopic (exact) mass is 491 g/mol. The first kappa shape index (κ1) is 21.0. The molecule has 1 fully saturated rings. The summed E-state index contributed by atoms with van der Waals surface area (Å²) in [5.41, 5.74) is 0.583. The molecule has 0 atom stereocenters. The molecule has 1 amide bonds. The number of sulfone groups is 1. The number of aryl methyl sites for hydroxylation is 1. The quantitative estimate of drug-likeness (QED) is 0.631. The summed E-state index contributed by atoms with van der Waals surface area (Å²) in [5.74, 6) is -0.240. The third-order valence-electron chi connectivity index (χ3n) is 4.31. The van der Waals surface area contributed by atoms with Gasteiger partial charge in [0.15, 0.2) is 9.84 Å². The fourth-order valence-electron chi connectivity index (χ4n) is 2.80. The molecule has 0 saturated carbocycles. The highest BCUT2D eigenvalue weighted by Crippen LogP contribution is 2.28.